The van der Waals surface area contributed by atoms with Gasteiger partial charge in [0.15, 0.2) is 0 Å². The Labute approximate surface area is 175 Å². The second-order valence-corrected chi connectivity index (χ2v) is 6.91. The molecular formula is C17H22N4O8S. The monoisotopic (exact) mass is 442 g/mol. The van der Waals surface area contributed by atoms with Crippen LogP contribution in [0.1, 0.15) is 12.8 Å². The molecule has 0 aliphatic heterocycles. The summed E-state index contributed by atoms with van der Waals surface area (Å²) in [6, 6.07) is 5.26. The predicted octanol–water partition coefficient (Wildman–Crippen LogP) is -0.387. The van der Waals surface area contributed by atoms with E-state index in [9.17, 15) is 29.2 Å². The van der Waals surface area contributed by atoms with E-state index in [1.165, 1.54) is 12.1 Å². The third-order valence-electron chi connectivity index (χ3n) is 3.61. The van der Waals surface area contributed by atoms with Crippen molar-refractivity contribution >= 4 is 46.4 Å². The van der Waals surface area contributed by atoms with Crippen molar-refractivity contribution in [2.24, 2.45) is 5.73 Å². The summed E-state index contributed by atoms with van der Waals surface area (Å²) in [6.07, 6.45) is -0.486. The van der Waals surface area contributed by atoms with Crippen molar-refractivity contribution in [3.63, 3.8) is 0 Å². The molecule has 3 amide bonds. The molecule has 0 aromatic heterocycles. The summed E-state index contributed by atoms with van der Waals surface area (Å²) in [6.45, 7) is -0.705. The number of hydrogen-bond donors (Lipinski definition) is 6. The molecule has 2 unspecified atom stereocenters. The number of amides is 3. The van der Waals surface area contributed by atoms with E-state index in [1.54, 1.807) is 18.2 Å². The van der Waals surface area contributed by atoms with E-state index in [0.29, 0.717) is 16.8 Å². The SMILES string of the molecule is NC(CCC(=O)NC(CSC(=O)N(O)c1ccccc1)C(=O)NCC(=O)O)C(=O)O. The van der Waals surface area contributed by atoms with Crippen LogP contribution in [0.25, 0.3) is 0 Å². The van der Waals surface area contributed by atoms with E-state index < -0.39 is 47.6 Å². The van der Waals surface area contributed by atoms with E-state index in [1.807, 2.05) is 0 Å². The van der Waals surface area contributed by atoms with Crippen molar-refractivity contribution in [3.05, 3.63) is 30.3 Å². The van der Waals surface area contributed by atoms with Crippen LogP contribution in [0.5, 0.6) is 0 Å². The molecule has 1 aromatic carbocycles. The first-order chi connectivity index (χ1) is 14.1. The van der Waals surface area contributed by atoms with Crippen LogP contribution in [0.15, 0.2) is 30.3 Å². The largest absolute Gasteiger partial charge is 0.480 e. The molecule has 0 radical (unpaired) electrons. The minimum Gasteiger partial charge on any atom is -0.480 e. The first-order valence-corrected chi connectivity index (χ1v) is 9.58. The predicted molar refractivity (Wildman–Crippen MR) is 106 cm³/mol. The number of nitrogens with one attached hydrogen (secondary N) is 2. The zero-order valence-electron chi connectivity index (χ0n) is 15.7. The number of aliphatic carboxylic acids is 2. The van der Waals surface area contributed by atoms with Gasteiger partial charge in [-0.1, -0.05) is 30.0 Å². The van der Waals surface area contributed by atoms with Gasteiger partial charge in [0.1, 0.15) is 18.6 Å². The lowest BCUT2D eigenvalue weighted by molar-refractivity contribution is -0.139. The third kappa shape index (κ3) is 8.89. The van der Waals surface area contributed by atoms with Crippen LogP contribution in [0.2, 0.25) is 0 Å². The maximum absolute atomic E-state index is 12.2. The van der Waals surface area contributed by atoms with Gasteiger partial charge in [0.05, 0.1) is 5.69 Å². The molecule has 0 aliphatic carbocycles. The first kappa shape index (κ1) is 24.9. The Morgan fingerprint density at radius 2 is 1.73 bits per heavy atom. The molecule has 1 aromatic rings. The van der Waals surface area contributed by atoms with Crippen LogP contribution in [-0.4, -0.2) is 68.8 Å². The number of thioether (sulfide) groups is 1. The highest BCUT2D eigenvalue weighted by atomic mass is 32.2. The van der Waals surface area contributed by atoms with Gasteiger partial charge in [0.2, 0.25) is 11.8 Å². The molecule has 1 rings (SSSR count). The molecule has 7 N–H and O–H groups in total. The molecule has 0 fully saturated rings. The van der Waals surface area contributed by atoms with Crippen LogP contribution in [-0.2, 0) is 19.2 Å². The van der Waals surface area contributed by atoms with E-state index in [4.69, 9.17) is 15.9 Å². The highest BCUT2D eigenvalue weighted by molar-refractivity contribution is 8.13. The van der Waals surface area contributed by atoms with Crippen LogP contribution in [0.3, 0.4) is 0 Å². The summed E-state index contributed by atoms with van der Waals surface area (Å²) >= 11 is 0.517. The number of hydroxylamine groups is 1. The molecule has 0 saturated carbocycles. The topological polar surface area (TPSA) is 199 Å². The summed E-state index contributed by atoms with van der Waals surface area (Å²) in [7, 11) is 0. The van der Waals surface area contributed by atoms with Crippen LogP contribution in [0, 0.1) is 0 Å². The number of nitrogens with two attached hydrogens (primary N) is 1. The Morgan fingerprint density at radius 3 is 2.30 bits per heavy atom. The number of anilines is 1. The first-order valence-electron chi connectivity index (χ1n) is 8.60. The number of carbonyl (C=O) groups is 5. The zero-order chi connectivity index (χ0) is 22.7. The van der Waals surface area contributed by atoms with Gasteiger partial charge in [-0.25, -0.2) is 0 Å². The fourth-order valence-corrected chi connectivity index (χ4v) is 2.81. The highest BCUT2D eigenvalue weighted by Gasteiger charge is 2.25. The van der Waals surface area contributed by atoms with E-state index in [-0.39, 0.29) is 24.3 Å². The Hall–Kier alpha value is -3.16. The summed E-state index contributed by atoms with van der Waals surface area (Å²) in [5.74, 6) is -4.49. The van der Waals surface area contributed by atoms with Gasteiger partial charge in [0, 0.05) is 12.2 Å². The molecular weight excluding hydrogens is 420 g/mol. The van der Waals surface area contributed by atoms with Gasteiger partial charge in [0.25, 0.3) is 0 Å². The normalized spacial score (nSPS) is 12.3. The van der Waals surface area contributed by atoms with Gasteiger partial charge in [-0.2, -0.15) is 5.06 Å². The Bertz CT molecular complexity index is 776. The molecule has 0 spiro atoms. The molecule has 2 atom stereocenters. The number of rotatable bonds is 11. The van der Waals surface area contributed by atoms with Crippen molar-refractivity contribution in [2.45, 2.75) is 24.9 Å². The van der Waals surface area contributed by atoms with E-state index >= 15 is 0 Å². The fraction of sp³-hybridized carbons (Fsp3) is 0.353. The van der Waals surface area contributed by atoms with Gasteiger partial charge < -0.3 is 26.6 Å². The molecule has 0 bridgehead atoms. The molecule has 0 aliphatic rings. The van der Waals surface area contributed by atoms with Gasteiger partial charge in [-0.15, -0.1) is 0 Å². The number of hydrogen-bond acceptors (Lipinski definition) is 8. The summed E-state index contributed by atoms with van der Waals surface area (Å²) in [4.78, 5) is 57.7. The second-order valence-electron chi connectivity index (χ2n) is 5.94. The lowest BCUT2D eigenvalue weighted by Crippen LogP contribution is -2.50. The van der Waals surface area contributed by atoms with Gasteiger partial charge in [-0.05, 0) is 18.6 Å². The number of nitrogens with zero attached hydrogens (tertiary/aromatic N) is 1. The average Bonchev–Trinajstić information content (AvgIpc) is 2.72. The lowest BCUT2D eigenvalue weighted by atomic mass is 10.1. The average molecular weight is 442 g/mol. The summed E-state index contributed by atoms with van der Waals surface area (Å²) < 4.78 is 0. The molecule has 12 nitrogen and oxygen atoms in total. The van der Waals surface area contributed by atoms with E-state index in [0.717, 1.165) is 0 Å². The minimum atomic E-state index is -1.31. The number of para-hydroxylation sites is 1. The van der Waals surface area contributed by atoms with Crippen molar-refractivity contribution in [1.82, 2.24) is 10.6 Å². The van der Waals surface area contributed by atoms with Gasteiger partial charge in [-0.3, -0.25) is 29.2 Å². The summed E-state index contributed by atoms with van der Waals surface area (Å²) in [5.41, 5.74) is 5.51. The molecule has 164 valence electrons. The molecule has 13 heteroatoms. The highest BCUT2D eigenvalue weighted by Crippen LogP contribution is 2.17. The van der Waals surface area contributed by atoms with E-state index in [2.05, 4.69) is 10.6 Å². The minimum absolute atomic E-state index is 0.185. The Kier molecular flexibility index (Phi) is 10.3. The van der Waals surface area contributed by atoms with Crippen molar-refractivity contribution < 1.29 is 39.4 Å². The maximum atomic E-state index is 12.2. The van der Waals surface area contributed by atoms with Crippen LogP contribution < -0.4 is 21.4 Å². The quantitative estimate of drug-likeness (QED) is 0.194. The van der Waals surface area contributed by atoms with Crippen molar-refractivity contribution in [1.29, 1.82) is 0 Å². The van der Waals surface area contributed by atoms with Crippen LogP contribution in [0.4, 0.5) is 10.5 Å². The smallest absolute Gasteiger partial charge is 0.322 e. The molecule has 30 heavy (non-hydrogen) atoms. The number of carboxylic acid groups (broad SMARTS) is 2. The standard InChI is InChI=1S/C17H22N4O8S/c18-11(16(26)27)6-7-13(22)20-12(15(25)19-8-14(23)24)9-30-17(28)21(29)10-4-2-1-3-5-10/h1-5,11-12,29H,6-9,18H2,(H,19,25)(H,20,22)(H,23,24)(H,26,27). The number of carboxylic acids is 2. The molecule has 0 heterocycles. The fourth-order valence-electron chi connectivity index (χ4n) is 2.04. The van der Waals surface area contributed by atoms with Crippen molar-refractivity contribution in [3.8, 4) is 0 Å². The van der Waals surface area contributed by atoms with Gasteiger partial charge >= 0.3 is 17.2 Å². The zero-order valence-corrected chi connectivity index (χ0v) is 16.5. The second kappa shape index (κ2) is 12.4. The van der Waals surface area contributed by atoms with Crippen LogP contribution >= 0.6 is 11.8 Å². The third-order valence-corrected chi connectivity index (χ3v) is 4.53. The lowest BCUT2D eigenvalue weighted by Gasteiger charge is -2.19. The number of benzene rings is 1. The molecule has 0 saturated heterocycles. The van der Waals surface area contributed by atoms with Crippen molar-refractivity contribution in [2.75, 3.05) is 17.4 Å². The Morgan fingerprint density at radius 1 is 1.10 bits per heavy atom. The summed E-state index contributed by atoms with van der Waals surface area (Å²) in [5, 5.41) is 31.2. The maximum Gasteiger partial charge on any atom is 0.322 e. The number of carbonyl (C=O) groups excluding carboxylic acids is 3. The Balaban J connectivity index is 2.71.